The smallest absolute Gasteiger partial charge is 0.314 e. The first kappa shape index (κ1) is 14.7. The van der Waals surface area contributed by atoms with E-state index in [1.807, 2.05) is 30.3 Å². The summed E-state index contributed by atoms with van der Waals surface area (Å²) in [6.45, 7) is 2.59. The normalized spacial score (nSPS) is 17.7. The van der Waals surface area contributed by atoms with Gasteiger partial charge in [0.1, 0.15) is 5.75 Å². The molecule has 1 aliphatic rings. The van der Waals surface area contributed by atoms with Crippen molar-refractivity contribution in [2.24, 2.45) is 0 Å². The first-order chi connectivity index (χ1) is 9.84. The topological polar surface area (TPSA) is 59.6 Å². The lowest BCUT2D eigenvalue weighted by atomic mass is 10.2. The highest BCUT2D eigenvalue weighted by Crippen LogP contribution is 2.10. The van der Waals surface area contributed by atoms with Crippen LogP contribution in [0.5, 0.6) is 5.75 Å². The van der Waals surface area contributed by atoms with Crippen molar-refractivity contribution >= 4 is 6.03 Å². The molecule has 1 aromatic rings. The standard InChI is InChI=1S/C15H22N2O3/c18-15(17-12-14-8-4-10-20-14)16-9-5-11-19-13-6-2-1-3-7-13/h1-3,6-7,14H,4-5,8-12H2,(H2,16,17,18). The fourth-order valence-corrected chi connectivity index (χ4v) is 2.06. The Morgan fingerprint density at radius 3 is 2.90 bits per heavy atom. The van der Waals surface area contributed by atoms with Crippen LogP contribution >= 0.6 is 0 Å². The molecule has 110 valence electrons. The Labute approximate surface area is 119 Å². The third kappa shape index (κ3) is 5.48. The number of ether oxygens (including phenoxy) is 2. The number of urea groups is 1. The Hall–Kier alpha value is -1.75. The number of hydrogen-bond acceptors (Lipinski definition) is 3. The molecule has 5 nitrogen and oxygen atoms in total. The lowest BCUT2D eigenvalue weighted by molar-refractivity contribution is 0.111. The zero-order chi connectivity index (χ0) is 14.0. The van der Waals surface area contributed by atoms with E-state index in [1.165, 1.54) is 0 Å². The van der Waals surface area contributed by atoms with Gasteiger partial charge in [-0.1, -0.05) is 18.2 Å². The molecule has 5 heteroatoms. The first-order valence-corrected chi connectivity index (χ1v) is 7.16. The van der Waals surface area contributed by atoms with Gasteiger partial charge in [-0.25, -0.2) is 4.79 Å². The minimum absolute atomic E-state index is 0.139. The molecule has 1 heterocycles. The molecular weight excluding hydrogens is 256 g/mol. The van der Waals surface area contributed by atoms with Crippen LogP contribution in [-0.2, 0) is 4.74 Å². The van der Waals surface area contributed by atoms with Gasteiger partial charge in [0.25, 0.3) is 0 Å². The van der Waals surface area contributed by atoms with E-state index in [0.29, 0.717) is 19.7 Å². The summed E-state index contributed by atoms with van der Waals surface area (Å²) in [6.07, 6.45) is 3.08. The number of carbonyl (C=O) groups is 1. The molecule has 0 aliphatic carbocycles. The average Bonchev–Trinajstić information content (AvgIpc) is 2.99. The highest BCUT2D eigenvalue weighted by molar-refractivity contribution is 5.73. The van der Waals surface area contributed by atoms with Crippen molar-refractivity contribution < 1.29 is 14.3 Å². The molecule has 0 bridgehead atoms. The largest absolute Gasteiger partial charge is 0.494 e. The summed E-state index contributed by atoms with van der Waals surface area (Å²) in [5.74, 6) is 0.857. The van der Waals surface area contributed by atoms with Gasteiger partial charge in [-0.3, -0.25) is 0 Å². The van der Waals surface area contributed by atoms with Crippen molar-refractivity contribution in [2.45, 2.75) is 25.4 Å². The highest BCUT2D eigenvalue weighted by atomic mass is 16.5. The van der Waals surface area contributed by atoms with E-state index in [1.54, 1.807) is 0 Å². The van der Waals surface area contributed by atoms with Crippen LogP contribution in [0.2, 0.25) is 0 Å². The van der Waals surface area contributed by atoms with Gasteiger partial charge in [0.2, 0.25) is 0 Å². The van der Waals surface area contributed by atoms with Gasteiger partial charge >= 0.3 is 6.03 Å². The zero-order valence-corrected chi connectivity index (χ0v) is 11.6. The van der Waals surface area contributed by atoms with Crippen LogP contribution in [0.15, 0.2) is 30.3 Å². The lowest BCUT2D eigenvalue weighted by Crippen LogP contribution is -2.40. The monoisotopic (exact) mass is 278 g/mol. The molecule has 1 atom stereocenters. The van der Waals surface area contributed by atoms with Crippen LogP contribution in [0.3, 0.4) is 0 Å². The minimum atomic E-state index is -0.139. The molecule has 2 rings (SSSR count). The molecule has 20 heavy (non-hydrogen) atoms. The molecule has 1 unspecified atom stereocenters. The maximum Gasteiger partial charge on any atom is 0.314 e. The highest BCUT2D eigenvalue weighted by Gasteiger charge is 2.15. The summed E-state index contributed by atoms with van der Waals surface area (Å²) in [6, 6.07) is 9.52. The van der Waals surface area contributed by atoms with E-state index in [-0.39, 0.29) is 12.1 Å². The number of hydrogen-bond donors (Lipinski definition) is 2. The summed E-state index contributed by atoms with van der Waals surface area (Å²) >= 11 is 0. The van der Waals surface area contributed by atoms with Crippen LogP contribution in [0.4, 0.5) is 4.79 Å². The van der Waals surface area contributed by atoms with Gasteiger partial charge in [0, 0.05) is 19.7 Å². The van der Waals surface area contributed by atoms with Crippen molar-refractivity contribution in [3.05, 3.63) is 30.3 Å². The van der Waals surface area contributed by atoms with Crippen molar-refractivity contribution in [1.82, 2.24) is 10.6 Å². The SMILES string of the molecule is O=C(NCCCOc1ccccc1)NCC1CCCO1. The van der Waals surface area contributed by atoms with Crippen molar-refractivity contribution in [2.75, 3.05) is 26.3 Å². The number of carbonyl (C=O) groups excluding carboxylic acids is 1. The summed E-state index contributed by atoms with van der Waals surface area (Å²) in [7, 11) is 0. The van der Waals surface area contributed by atoms with Crippen LogP contribution < -0.4 is 15.4 Å². The summed E-state index contributed by atoms with van der Waals surface area (Å²) < 4.78 is 11.0. The van der Waals surface area contributed by atoms with E-state index >= 15 is 0 Å². The van der Waals surface area contributed by atoms with Crippen molar-refractivity contribution in [3.63, 3.8) is 0 Å². The second kappa shape index (κ2) is 8.43. The molecule has 1 aromatic carbocycles. The van der Waals surface area contributed by atoms with Crippen molar-refractivity contribution in [3.8, 4) is 5.75 Å². The fourth-order valence-electron chi connectivity index (χ4n) is 2.06. The maximum absolute atomic E-state index is 11.5. The van der Waals surface area contributed by atoms with Crippen molar-refractivity contribution in [1.29, 1.82) is 0 Å². The van der Waals surface area contributed by atoms with Gasteiger partial charge in [-0.05, 0) is 31.4 Å². The maximum atomic E-state index is 11.5. The molecule has 0 saturated carbocycles. The minimum Gasteiger partial charge on any atom is -0.494 e. The van der Waals surface area contributed by atoms with E-state index in [9.17, 15) is 4.79 Å². The van der Waals surface area contributed by atoms with Crippen LogP contribution in [-0.4, -0.2) is 38.4 Å². The lowest BCUT2D eigenvalue weighted by Gasteiger charge is -2.12. The predicted molar refractivity (Wildman–Crippen MR) is 76.9 cm³/mol. The summed E-state index contributed by atoms with van der Waals surface area (Å²) in [5.41, 5.74) is 0. The molecule has 1 fully saturated rings. The second-order valence-corrected chi connectivity index (χ2v) is 4.79. The van der Waals surface area contributed by atoms with E-state index in [2.05, 4.69) is 10.6 Å². The molecule has 0 aromatic heterocycles. The number of para-hydroxylation sites is 1. The Kier molecular flexibility index (Phi) is 6.17. The van der Waals surface area contributed by atoms with Gasteiger partial charge in [-0.2, -0.15) is 0 Å². The third-order valence-corrected chi connectivity index (χ3v) is 3.13. The second-order valence-electron chi connectivity index (χ2n) is 4.79. The average molecular weight is 278 g/mol. The molecular formula is C15H22N2O3. The Morgan fingerprint density at radius 1 is 1.30 bits per heavy atom. The number of rotatable bonds is 7. The van der Waals surface area contributed by atoms with Gasteiger partial charge in [-0.15, -0.1) is 0 Å². The number of nitrogens with one attached hydrogen (secondary N) is 2. The van der Waals surface area contributed by atoms with Crippen LogP contribution in [0, 0.1) is 0 Å². The Balaban J connectivity index is 1.47. The zero-order valence-electron chi connectivity index (χ0n) is 11.6. The van der Waals surface area contributed by atoms with Crippen LogP contribution in [0.25, 0.3) is 0 Å². The Bertz CT molecular complexity index is 391. The van der Waals surface area contributed by atoms with Crippen LogP contribution in [0.1, 0.15) is 19.3 Å². The number of amides is 2. The quantitative estimate of drug-likeness (QED) is 0.749. The Morgan fingerprint density at radius 2 is 2.15 bits per heavy atom. The summed E-state index contributed by atoms with van der Waals surface area (Å²) in [4.78, 5) is 11.5. The number of benzene rings is 1. The fraction of sp³-hybridized carbons (Fsp3) is 0.533. The molecule has 1 saturated heterocycles. The van der Waals surface area contributed by atoms with E-state index in [0.717, 1.165) is 31.6 Å². The third-order valence-electron chi connectivity index (χ3n) is 3.13. The first-order valence-electron chi connectivity index (χ1n) is 7.16. The van der Waals surface area contributed by atoms with Gasteiger partial charge < -0.3 is 20.1 Å². The van der Waals surface area contributed by atoms with Gasteiger partial charge in [0.05, 0.1) is 12.7 Å². The summed E-state index contributed by atoms with van der Waals surface area (Å²) in [5, 5.41) is 5.62. The van der Waals surface area contributed by atoms with E-state index in [4.69, 9.17) is 9.47 Å². The molecule has 0 radical (unpaired) electrons. The van der Waals surface area contributed by atoms with E-state index < -0.39 is 0 Å². The predicted octanol–water partition coefficient (Wildman–Crippen LogP) is 1.93. The molecule has 0 spiro atoms. The van der Waals surface area contributed by atoms with Gasteiger partial charge in [0.15, 0.2) is 0 Å². The molecule has 1 aliphatic heterocycles. The molecule has 2 amide bonds. The molecule has 2 N–H and O–H groups in total.